The third-order valence-corrected chi connectivity index (χ3v) is 2.96. The zero-order valence-corrected chi connectivity index (χ0v) is 9.51. The van der Waals surface area contributed by atoms with Gasteiger partial charge in [-0.15, -0.1) is 0 Å². The smallest absolute Gasteiger partial charge is 0.354 e. The molecule has 1 fully saturated rings. The molecular weight excluding hydrogens is 220 g/mol. The summed E-state index contributed by atoms with van der Waals surface area (Å²) in [7, 11) is 0. The Morgan fingerprint density at radius 1 is 1.53 bits per heavy atom. The number of hydrogen-bond acceptors (Lipinski definition) is 3. The summed E-state index contributed by atoms with van der Waals surface area (Å²) in [5.41, 5.74) is 0.813. The first-order valence-electron chi connectivity index (χ1n) is 5.54. The number of nitrogens with zero attached hydrogens (tertiary/aromatic N) is 1. The van der Waals surface area contributed by atoms with Crippen LogP contribution in [0.15, 0.2) is 18.3 Å². The summed E-state index contributed by atoms with van der Waals surface area (Å²) in [6.45, 7) is 2.45. The molecule has 2 N–H and O–H groups in total. The van der Waals surface area contributed by atoms with Gasteiger partial charge in [-0.2, -0.15) is 0 Å². The van der Waals surface area contributed by atoms with Crippen LogP contribution in [-0.2, 0) is 11.3 Å². The molecule has 2 rings (SSSR count). The summed E-state index contributed by atoms with van der Waals surface area (Å²) in [6, 6.07) is 3.09. The number of hydrogen-bond donors (Lipinski definition) is 2. The van der Waals surface area contributed by atoms with Crippen molar-refractivity contribution < 1.29 is 14.7 Å². The lowest BCUT2D eigenvalue weighted by Gasteiger charge is -2.04. The number of carboxylic acids is 1. The minimum absolute atomic E-state index is 0.0101. The summed E-state index contributed by atoms with van der Waals surface area (Å²) in [5.74, 6) is -0.337. The molecule has 1 aliphatic carbocycles. The predicted octanol–water partition coefficient (Wildman–Crippen LogP) is 1.05. The molecule has 0 bridgehead atoms. The van der Waals surface area contributed by atoms with E-state index >= 15 is 0 Å². The molecule has 5 nitrogen and oxygen atoms in total. The summed E-state index contributed by atoms with van der Waals surface area (Å²) < 4.78 is 0. The van der Waals surface area contributed by atoms with E-state index in [1.54, 1.807) is 6.07 Å². The standard InChI is InChI=1S/C12H14N2O3/c1-7-4-9(7)11(15)14-6-8-2-3-10(12(16)17)13-5-8/h2-3,5,7,9H,4,6H2,1H3,(H,14,15)(H,16,17). The van der Waals surface area contributed by atoms with Crippen LogP contribution in [0.4, 0.5) is 0 Å². The van der Waals surface area contributed by atoms with Crippen LogP contribution in [0.3, 0.4) is 0 Å². The van der Waals surface area contributed by atoms with Crippen molar-refractivity contribution in [3.8, 4) is 0 Å². The van der Waals surface area contributed by atoms with Crippen LogP contribution in [0.25, 0.3) is 0 Å². The van der Waals surface area contributed by atoms with Crippen molar-refractivity contribution in [2.75, 3.05) is 0 Å². The summed E-state index contributed by atoms with van der Waals surface area (Å²) in [4.78, 5) is 25.9. The van der Waals surface area contributed by atoms with Gasteiger partial charge in [-0.05, 0) is 24.0 Å². The predicted molar refractivity (Wildman–Crippen MR) is 60.3 cm³/mol. The van der Waals surface area contributed by atoms with E-state index in [-0.39, 0.29) is 17.5 Å². The number of aromatic nitrogens is 1. The van der Waals surface area contributed by atoms with E-state index in [9.17, 15) is 9.59 Å². The van der Waals surface area contributed by atoms with E-state index in [1.807, 2.05) is 6.92 Å². The minimum Gasteiger partial charge on any atom is -0.477 e. The summed E-state index contributed by atoms with van der Waals surface area (Å²) >= 11 is 0. The number of nitrogens with one attached hydrogen (secondary N) is 1. The first-order chi connectivity index (χ1) is 8.08. The molecule has 90 valence electrons. The first kappa shape index (κ1) is 11.6. The van der Waals surface area contributed by atoms with Crippen molar-refractivity contribution in [3.63, 3.8) is 0 Å². The van der Waals surface area contributed by atoms with E-state index in [0.29, 0.717) is 12.5 Å². The van der Waals surface area contributed by atoms with Gasteiger partial charge in [0.15, 0.2) is 0 Å². The Hall–Kier alpha value is -1.91. The molecule has 0 aromatic carbocycles. The number of carbonyl (C=O) groups is 2. The Morgan fingerprint density at radius 3 is 2.71 bits per heavy atom. The fourth-order valence-electron chi connectivity index (χ4n) is 1.66. The Labute approximate surface area is 98.9 Å². The van der Waals surface area contributed by atoms with Gasteiger partial charge in [-0.3, -0.25) is 4.79 Å². The van der Waals surface area contributed by atoms with E-state index in [1.165, 1.54) is 12.3 Å². The SMILES string of the molecule is CC1CC1C(=O)NCc1ccc(C(=O)O)nc1. The van der Waals surface area contributed by atoms with Gasteiger partial charge in [0.2, 0.25) is 5.91 Å². The topological polar surface area (TPSA) is 79.3 Å². The van der Waals surface area contributed by atoms with Crippen LogP contribution in [-0.4, -0.2) is 22.0 Å². The Morgan fingerprint density at radius 2 is 2.24 bits per heavy atom. The van der Waals surface area contributed by atoms with Crippen LogP contribution >= 0.6 is 0 Å². The average molecular weight is 234 g/mol. The Kier molecular flexibility index (Phi) is 3.08. The number of amides is 1. The van der Waals surface area contributed by atoms with Gasteiger partial charge in [0.1, 0.15) is 5.69 Å². The molecule has 17 heavy (non-hydrogen) atoms. The molecule has 1 aromatic heterocycles. The quantitative estimate of drug-likeness (QED) is 0.816. The molecule has 2 atom stereocenters. The number of aromatic carboxylic acids is 1. The van der Waals surface area contributed by atoms with Crippen molar-refractivity contribution >= 4 is 11.9 Å². The molecule has 2 unspecified atom stereocenters. The number of pyridine rings is 1. The third kappa shape index (κ3) is 2.81. The number of rotatable bonds is 4. The largest absolute Gasteiger partial charge is 0.477 e. The van der Waals surface area contributed by atoms with Crippen LogP contribution in [0.1, 0.15) is 29.4 Å². The average Bonchev–Trinajstić information content (AvgIpc) is 3.04. The zero-order chi connectivity index (χ0) is 12.4. The van der Waals surface area contributed by atoms with Crippen molar-refractivity contribution in [1.82, 2.24) is 10.3 Å². The van der Waals surface area contributed by atoms with Crippen molar-refractivity contribution in [3.05, 3.63) is 29.6 Å². The molecule has 1 heterocycles. The maximum Gasteiger partial charge on any atom is 0.354 e. The van der Waals surface area contributed by atoms with Gasteiger partial charge in [-0.25, -0.2) is 9.78 Å². The highest BCUT2D eigenvalue weighted by Gasteiger charge is 2.38. The molecule has 0 radical (unpaired) electrons. The van der Waals surface area contributed by atoms with Gasteiger partial charge in [0.05, 0.1) is 0 Å². The highest BCUT2D eigenvalue weighted by molar-refractivity contribution is 5.85. The zero-order valence-electron chi connectivity index (χ0n) is 9.51. The maximum atomic E-state index is 11.5. The monoisotopic (exact) mass is 234 g/mol. The first-order valence-corrected chi connectivity index (χ1v) is 5.54. The van der Waals surface area contributed by atoms with Gasteiger partial charge in [-0.1, -0.05) is 13.0 Å². The molecule has 0 spiro atoms. The summed E-state index contributed by atoms with van der Waals surface area (Å²) in [6.07, 6.45) is 2.43. The van der Waals surface area contributed by atoms with Crippen LogP contribution in [0.5, 0.6) is 0 Å². The van der Waals surface area contributed by atoms with E-state index in [0.717, 1.165) is 12.0 Å². The molecule has 0 aliphatic heterocycles. The molecule has 1 saturated carbocycles. The Bertz CT molecular complexity index is 442. The third-order valence-electron chi connectivity index (χ3n) is 2.96. The fourth-order valence-corrected chi connectivity index (χ4v) is 1.66. The van der Waals surface area contributed by atoms with Gasteiger partial charge in [0.25, 0.3) is 0 Å². The van der Waals surface area contributed by atoms with E-state index in [4.69, 9.17) is 5.11 Å². The molecular formula is C12H14N2O3. The molecule has 0 saturated heterocycles. The fraction of sp³-hybridized carbons (Fsp3) is 0.417. The normalized spacial score (nSPS) is 21.9. The lowest BCUT2D eigenvalue weighted by atomic mass is 10.2. The molecule has 1 amide bonds. The van der Waals surface area contributed by atoms with Gasteiger partial charge in [0, 0.05) is 18.7 Å². The lowest BCUT2D eigenvalue weighted by molar-refractivity contribution is -0.122. The minimum atomic E-state index is -1.05. The molecule has 1 aromatic rings. The van der Waals surface area contributed by atoms with Gasteiger partial charge >= 0.3 is 5.97 Å². The molecule has 5 heteroatoms. The second-order valence-electron chi connectivity index (χ2n) is 4.39. The van der Waals surface area contributed by atoms with Crippen molar-refractivity contribution in [2.24, 2.45) is 11.8 Å². The molecule has 1 aliphatic rings. The van der Waals surface area contributed by atoms with Crippen LogP contribution in [0, 0.1) is 11.8 Å². The second kappa shape index (κ2) is 4.53. The lowest BCUT2D eigenvalue weighted by Crippen LogP contribution is -2.24. The van der Waals surface area contributed by atoms with Crippen molar-refractivity contribution in [1.29, 1.82) is 0 Å². The summed E-state index contributed by atoms with van der Waals surface area (Å²) in [5, 5.41) is 11.5. The van der Waals surface area contributed by atoms with Gasteiger partial charge < -0.3 is 10.4 Å². The van der Waals surface area contributed by atoms with Crippen molar-refractivity contribution in [2.45, 2.75) is 19.9 Å². The van der Waals surface area contributed by atoms with Crippen LogP contribution < -0.4 is 5.32 Å². The highest BCUT2D eigenvalue weighted by Crippen LogP contribution is 2.37. The highest BCUT2D eigenvalue weighted by atomic mass is 16.4. The maximum absolute atomic E-state index is 11.5. The number of carbonyl (C=O) groups excluding carboxylic acids is 1. The van der Waals surface area contributed by atoms with Crippen LogP contribution in [0.2, 0.25) is 0 Å². The van der Waals surface area contributed by atoms with E-state index in [2.05, 4.69) is 10.3 Å². The number of carboxylic acid groups (broad SMARTS) is 1. The van der Waals surface area contributed by atoms with E-state index < -0.39 is 5.97 Å². The Balaban J connectivity index is 1.86. The second-order valence-corrected chi connectivity index (χ2v) is 4.39.